The van der Waals surface area contributed by atoms with Gasteiger partial charge in [0.2, 0.25) is 11.8 Å². The van der Waals surface area contributed by atoms with E-state index >= 15 is 0 Å². The summed E-state index contributed by atoms with van der Waals surface area (Å²) in [5, 5.41) is 4.41. The Labute approximate surface area is 198 Å². The van der Waals surface area contributed by atoms with E-state index in [9.17, 15) is 4.79 Å². The summed E-state index contributed by atoms with van der Waals surface area (Å²) < 4.78 is 9.42. The van der Waals surface area contributed by atoms with Gasteiger partial charge < -0.3 is 19.9 Å². The number of aliphatic imine (C=N–C) groups is 1. The lowest BCUT2D eigenvalue weighted by Crippen LogP contribution is -2.44. The van der Waals surface area contributed by atoms with Crippen molar-refractivity contribution < 1.29 is 4.74 Å². The van der Waals surface area contributed by atoms with Gasteiger partial charge in [0.25, 0.3) is 5.56 Å². The predicted molar refractivity (Wildman–Crippen MR) is 134 cm³/mol. The Balaban J connectivity index is 1.54. The minimum Gasteiger partial charge on any atom is -0.441 e. The molecule has 2 N–H and O–H groups in total. The predicted octanol–water partition coefficient (Wildman–Crippen LogP) is 2.82. The highest BCUT2D eigenvalue weighted by Gasteiger charge is 2.30. The minimum absolute atomic E-state index is 0.103. The van der Waals surface area contributed by atoms with Crippen LogP contribution < -0.4 is 20.9 Å². The van der Waals surface area contributed by atoms with E-state index in [1.807, 2.05) is 61.8 Å². The molecule has 0 aliphatic carbocycles. The number of rotatable bonds is 5. The largest absolute Gasteiger partial charge is 0.441 e. The first-order valence-electron chi connectivity index (χ1n) is 11.8. The number of nitrogens with zero attached hydrogens (tertiary/aromatic N) is 6. The molecule has 1 atom stereocenters. The van der Waals surface area contributed by atoms with Gasteiger partial charge in [-0.05, 0) is 39.7 Å². The minimum atomic E-state index is -0.453. The maximum atomic E-state index is 13.6. The second kappa shape index (κ2) is 8.72. The van der Waals surface area contributed by atoms with Crippen LogP contribution >= 0.6 is 0 Å². The molecule has 0 spiro atoms. The topological polar surface area (TPSA) is 104 Å². The van der Waals surface area contributed by atoms with Crippen LogP contribution in [0.5, 0.6) is 5.75 Å². The van der Waals surface area contributed by atoms with Gasteiger partial charge in [-0.15, -0.1) is 0 Å². The zero-order valence-electron chi connectivity index (χ0n) is 19.9. The summed E-state index contributed by atoms with van der Waals surface area (Å²) in [5.74, 6) is 1.98. The molecule has 0 bridgehead atoms. The number of imidazole rings is 1. The van der Waals surface area contributed by atoms with Crippen molar-refractivity contribution in [1.82, 2.24) is 19.3 Å². The van der Waals surface area contributed by atoms with Crippen LogP contribution in [-0.4, -0.2) is 44.4 Å². The highest BCUT2D eigenvalue weighted by molar-refractivity contribution is 5.82. The fourth-order valence-corrected chi connectivity index (χ4v) is 4.78. The summed E-state index contributed by atoms with van der Waals surface area (Å²) in [7, 11) is 0. The Kier molecular flexibility index (Phi) is 5.73. The van der Waals surface area contributed by atoms with Gasteiger partial charge in [-0.1, -0.05) is 30.4 Å². The normalized spacial score (nSPS) is 19.8. The molecule has 2 aliphatic heterocycles. The van der Waals surface area contributed by atoms with Crippen molar-refractivity contribution in [2.24, 2.45) is 10.7 Å². The number of hydrogen-bond acceptors (Lipinski definition) is 7. The third kappa shape index (κ3) is 4.00. The highest BCUT2D eigenvalue weighted by Crippen LogP contribution is 2.36. The maximum absolute atomic E-state index is 13.6. The van der Waals surface area contributed by atoms with E-state index in [0.29, 0.717) is 23.5 Å². The summed E-state index contributed by atoms with van der Waals surface area (Å²) in [6.07, 6.45) is 7.65. The van der Waals surface area contributed by atoms with Gasteiger partial charge >= 0.3 is 0 Å². The van der Waals surface area contributed by atoms with Gasteiger partial charge in [-0.2, -0.15) is 5.10 Å². The Hall–Kier alpha value is -3.46. The molecule has 2 aromatic heterocycles. The lowest BCUT2D eigenvalue weighted by atomic mass is 9.93. The number of benzene rings is 1. The second-order valence-corrected chi connectivity index (χ2v) is 9.44. The fourth-order valence-electron chi connectivity index (χ4n) is 4.78. The van der Waals surface area contributed by atoms with E-state index in [1.165, 1.54) is 4.68 Å². The molecule has 1 unspecified atom stereocenters. The Morgan fingerprint density at radius 1 is 1.29 bits per heavy atom. The molecule has 178 valence electrons. The third-order valence-electron chi connectivity index (χ3n) is 6.46. The van der Waals surface area contributed by atoms with E-state index < -0.39 is 5.54 Å². The van der Waals surface area contributed by atoms with Crippen LogP contribution in [0.15, 0.2) is 52.4 Å². The quantitative estimate of drug-likeness (QED) is 0.586. The molecule has 0 amide bonds. The van der Waals surface area contributed by atoms with Gasteiger partial charge in [0, 0.05) is 31.2 Å². The highest BCUT2D eigenvalue weighted by atomic mass is 16.5. The number of piperidine rings is 1. The van der Waals surface area contributed by atoms with Crippen molar-refractivity contribution in [3.63, 3.8) is 0 Å². The van der Waals surface area contributed by atoms with Crippen molar-refractivity contribution in [1.29, 1.82) is 0 Å². The zero-order valence-corrected chi connectivity index (χ0v) is 19.9. The van der Waals surface area contributed by atoms with E-state index in [1.54, 1.807) is 6.20 Å². The molecule has 3 aromatic rings. The first kappa shape index (κ1) is 22.3. The van der Waals surface area contributed by atoms with E-state index in [0.717, 1.165) is 43.2 Å². The van der Waals surface area contributed by atoms with Gasteiger partial charge in [-0.25, -0.2) is 14.7 Å². The van der Waals surface area contributed by atoms with Gasteiger partial charge in [-0.3, -0.25) is 4.79 Å². The van der Waals surface area contributed by atoms with Crippen molar-refractivity contribution in [3.8, 4) is 5.75 Å². The number of nitrogens with two attached hydrogens (primary N) is 1. The summed E-state index contributed by atoms with van der Waals surface area (Å²) in [6, 6.07) is 7.95. The fraction of sp³-hybridized carbons (Fsp3) is 0.440. The Morgan fingerprint density at radius 3 is 2.91 bits per heavy atom. The molecule has 34 heavy (non-hydrogen) atoms. The number of para-hydroxylation sites is 1. The standard InChI is InChI=1S/C25H31N7O2/c1-4-5-13-31-22-19(28-24(31)30-12-8-9-17(26)15-30)14-27-32(23(22)33)16-21-29-25(2,3)18-10-6-7-11-20(18)34-21/h4-7,10-11,14,17H,8-9,12-13,15-16,26H2,1-3H3. The molecule has 0 saturated carbocycles. The van der Waals surface area contributed by atoms with E-state index in [-0.39, 0.29) is 18.1 Å². The van der Waals surface area contributed by atoms with Gasteiger partial charge in [0.05, 0.1) is 11.7 Å². The molecular weight excluding hydrogens is 430 g/mol. The smallest absolute Gasteiger partial charge is 0.293 e. The molecule has 1 fully saturated rings. The van der Waals surface area contributed by atoms with Crippen molar-refractivity contribution >= 4 is 22.9 Å². The van der Waals surface area contributed by atoms with Crippen LogP contribution in [0.4, 0.5) is 5.95 Å². The molecule has 4 heterocycles. The number of aromatic nitrogens is 4. The molecule has 1 saturated heterocycles. The molecule has 1 aromatic carbocycles. The Bertz CT molecular complexity index is 1330. The summed E-state index contributed by atoms with van der Waals surface area (Å²) in [6.45, 7) is 8.32. The number of anilines is 1. The van der Waals surface area contributed by atoms with Gasteiger partial charge in [0.15, 0.2) is 0 Å². The summed E-state index contributed by atoms with van der Waals surface area (Å²) in [5.41, 5.74) is 7.68. The summed E-state index contributed by atoms with van der Waals surface area (Å²) >= 11 is 0. The van der Waals surface area contributed by atoms with Crippen molar-refractivity contribution in [3.05, 3.63) is 58.5 Å². The monoisotopic (exact) mass is 461 g/mol. The van der Waals surface area contributed by atoms with Crippen molar-refractivity contribution in [2.45, 2.75) is 58.3 Å². The van der Waals surface area contributed by atoms with E-state index in [4.69, 9.17) is 20.4 Å². The number of fused-ring (bicyclic) bond motifs is 2. The summed E-state index contributed by atoms with van der Waals surface area (Å²) in [4.78, 5) is 25.3. The number of allylic oxidation sites excluding steroid dienone is 2. The first-order valence-corrected chi connectivity index (χ1v) is 11.8. The van der Waals surface area contributed by atoms with Crippen LogP contribution in [0.1, 0.15) is 39.2 Å². The van der Waals surface area contributed by atoms with Crippen LogP contribution in [0.2, 0.25) is 0 Å². The number of hydrogen-bond donors (Lipinski definition) is 1. The number of ether oxygens (including phenoxy) is 1. The average molecular weight is 462 g/mol. The lowest BCUT2D eigenvalue weighted by Gasteiger charge is -2.31. The van der Waals surface area contributed by atoms with Crippen LogP contribution in [0, 0.1) is 0 Å². The van der Waals surface area contributed by atoms with Crippen LogP contribution in [-0.2, 0) is 18.6 Å². The average Bonchev–Trinajstić information content (AvgIpc) is 3.18. The first-order chi connectivity index (χ1) is 16.4. The molecule has 2 aliphatic rings. The molecule has 9 heteroatoms. The molecule has 0 radical (unpaired) electrons. The third-order valence-corrected chi connectivity index (χ3v) is 6.46. The van der Waals surface area contributed by atoms with Crippen LogP contribution in [0.25, 0.3) is 11.0 Å². The molecular formula is C25H31N7O2. The molecule has 9 nitrogen and oxygen atoms in total. The molecule has 5 rings (SSSR count). The Morgan fingerprint density at radius 2 is 2.12 bits per heavy atom. The van der Waals surface area contributed by atoms with Crippen molar-refractivity contribution in [2.75, 3.05) is 18.0 Å². The zero-order chi connectivity index (χ0) is 23.9. The lowest BCUT2D eigenvalue weighted by molar-refractivity contribution is 0.417. The van der Waals surface area contributed by atoms with Crippen LogP contribution in [0.3, 0.4) is 0 Å². The van der Waals surface area contributed by atoms with Gasteiger partial charge in [0.1, 0.15) is 23.3 Å². The maximum Gasteiger partial charge on any atom is 0.293 e. The van der Waals surface area contributed by atoms with E-state index in [2.05, 4.69) is 10.00 Å². The second-order valence-electron chi connectivity index (χ2n) is 9.44. The SMILES string of the molecule is CC=CCn1c(N2CCCC(N)C2)nc2cnn(CC3=NC(C)(C)c4ccccc4O3)c(=O)c21.